The second kappa shape index (κ2) is 7.06. The predicted molar refractivity (Wildman–Crippen MR) is 106 cm³/mol. The van der Waals surface area contributed by atoms with Crippen LogP contribution in [0.25, 0.3) is 0 Å². The summed E-state index contributed by atoms with van der Waals surface area (Å²) in [6, 6.07) is 19.0. The fourth-order valence-electron chi connectivity index (χ4n) is 3.72. The lowest BCUT2D eigenvalue weighted by Gasteiger charge is -2.47. The Bertz CT molecular complexity index is 990. The number of rotatable bonds is 4. The SMILES string of the molecule is CC1(C)Oc2ccc(C#N)cc2C(N(Cc2ccoc2)c2ccccc2)C1O. The first-order valence-electron chi connectivity index (χ1n) is 9.23. The Morgan fingerprint density at radius 3 is 2.61 bits per heavy atom. The lowest BCUT2D eigenvalue weighted by atomic mass is 9.84. The van der Waals surface area contributed by atoms with Gasteiger partial charge in [0.15, 0.2) is 0 Å². The fraction of sp³-hybridized carbons (Fsp3) is 0.261. The van der Waals surface area contributed by atoms with Crippen LogP contribution in [-0.4, -0.2) is 16.8 Å². The van der Waals surface area contributed by atoms with Crippen LogP contribution in [0, 0.1) is 11.3 Å². The smallest absolute Gasteiger partial charge is 0.132 e. The number of aliphatic hydroxyl groups excluding tert-OH is 1. The number of para-hydroxylation sites is 1. The van der Waals surface area contributed by atoms with Crippen molar-refractivity contribution >= 4 is 5.69 Å². The highest BCUT2D eigenvalue weighted by Gasteiger charge is 2.45. The number of hydrogen-bond acceptors (Lipinski definition) is 5. The van der Waals surface area contributed by atoms with Gasteiger partial charge in [-0.05, 0) is 50.2 Å². The van der Waals surface area contributed by atoms with E-state index >= 15 is 0 Å². The van der Waals surface area contributed by atoms with Crippen LogP contribution in [0.15, 0.2) is 71.5 Å². The van der Waals surface area contributed by atoms with E-state index in [0.717, 1.165) is 16.8 Å². The first-order chi connectivity index (χ1) is 13.5. The number of furan rings is 1. The predicted octanol–water partition coefficient (Wildman–Crippen LogP) is 4.43. The Morgan fingerprint density at radius 1 is 1.14 bits per heavy atom. The van der Waals surface area contributed by atoms with Crippen molar-refractivity contribution < 1.29 is 14.3 Å². The molecule has 0 bridgehead atoms. The molecule has 5 nitrogen and oxygen atoms in total. The van der Waals surface area contributed by atoms with Crippen molar-refractivity contribution in [2.45, 2.75) is 38.1 Å². The molecule has 2 atom stereocenters. The highest BCUT2D eigenvalue weighted by Crippen LogP contribution is 2.45. The molecule has 0 saturated heterocycles. The summed E-state index contributed by atoms with van der Waals surface area (Å²) in [5.74, 6) is 0.687. The maximum atomic E-state index is 11.3. The van der Waals surface area contributed by atoms with E-state index in [9.17, 15) is 10.4 Å². The van der Waals surface area contributed by atoms with Crippen molar-refractivity contribution in [1.29, 1.82) is 5.26 Å². The first kappa shape index (κ1) is 18.1. The number of fused-ring (bicyclic) bond motifs is 1. The minimum absolute atomic E-state index is 0.385. The zero-order chi connectivity index (χ0) is 19.7. The van der Waals surface area contributed by atoms with Gasteiger partial charge in [0.1, 0.15) is 17.5 Å². The summed E-state index contributed by atoms with van der Waals surface area (Å²) in [6.45, 7) is 4.31. The van der Waals surface area contributed by atoms with Crippen molar-refractivity contribution in [1.82, 2.24) is 0 Å². The Labute approximate surface area is 164 Å². The van der Waals surface area contributed by atoms with Gasteiger partial charge in [-0.2, -0.15) is 5.26 Å². The van der Waals surface area contributed by atoms with Crippen LogP contribution in [0.3, 0.4) is 0 Å². The number of nitriles is 1. The molecule has 2 heterocycles. The highest BCUT2D eigenvalue weighted by molar-refractivity contribution is 5.55. The molecule has 1 aliphatic rings. The highest BCUT2D eigenvalue weighted by atomic mass is 16.5. The molecule has 0 radical (unpaired) electrons. The van der Waals surface area contributed by atoms with Gasteiger partial charge in [-0.3, -0.25) is 0 Å². The molecule has 142 valence electrons. The van der Waals surface area contributed by atoms with Gasteiger partial charge >= 0.3 is 0 Å². The van der Waals surface area contributed by atoms with E-state index in [1.165, 1.54) is 0 Å². The lowest BCUT2D eigenvalue weighted by molar-refractivity contribution is -0.0590. The molecular formula is C23H22N2O3. The molecule has 0 spiro atoms. The monoisotopic (exact) mass is 374 g/mol. The van der Waals surface area contributed by atoms with Crippen molar-refractivity contribution in [3.8, 4) is 11.8 Å². The summed E-state index contributed by atoms with van der Waals surface area (Å²) < 4.78 is 11.3. The molecule has 1 N–H and O–H groups in total. The molecule has 0 aliphatic carbocycles. The first-order valence-corrected chi connectivity index (χ1v) is 9.23. The molecule has 2 aromatic carbocycles. The maximum Gasteiger partial charge on any atom is 0.132 e. The second-order valence-electron chi connectivity index (χ2n) is 7.55. The number of anilines is 1. The van der Waals surface area contributed by atoms with Crippen LogP contribution in [0.2, 0.25) is 0 Å². The summed E-state index contributed by atoms with van der Waals surface area (Å²) >= 11 is 0. The third kappa shape index (κ3) is 3.23. The van der Waals surface area contributed by atoms with Crippen molar-refractivity contribution in [3.05, 3.63) is 83.8 Å². The van der Waals surface area contributed by atoms with Crippen LogP contribution in [0.1, 0.15) is 36.6 Å². The summed E-state index contributed by atoms with van der Waals surface area (Å²) in [5.41, 5.74) is 2.53. The van der Waals surface area contributed by atoms with E-state index in [2.05, 4.69) is 11.0 Å². The van der Waals surface area contributed by atoms with Gasteiger partial charge in [0.2, 0.25) is 0 Å². The van der Waals surface area contributed by atoms with Gasteiger partial charge in [-0.15, -0.1) is 0 Å². The topological polar surface area (TPSA) is 69.6 Å². The fourth-order valence-corrected chi connectivity index (χ4v) is 3.72. The van der Waals surface area contributed by atoms with Gasteiger partial charge in [0.25, 0.3) is 0 Å². The van der Waals surface area contributed by atoms with Gasteiger partial charge in [-0.1, -0.05) is 18.2 Å². The third-order valence-electron chi connectivity index (χ3n) is 5.20. The Morgan fingerprint density at radius 2 is 1.93 bits per heavy atom. The molecule has 4 rings (SSSR count). The number of benzene rings is 2. The third-order valence-corrected chi connectivity index (χ3v) is 5.20. The second-order valence-corrected chi connectivity index (χ2v) is 7.55. The summed E-state index contributed by atoms with van der Waals surface area (Å²) in [4.78, 5) is 2.14. The summed E-state index contributed by atoms with van der Waals surface area (Å²) in [7, 11) is 0. The quantitative estimate of drug-likeness (QED) is 0.731. The number of ether oxygens (including phenoxy) is 1. The molecule has 3 aromatic rings. The Balaban J connectivity index is 1.87. The average molecular weight is 374 g/mol. The van der Waals surface area contributed by atoms with E-state index in [4.69, 9.17) is 9.15 Å². The van der Waals surface area contributed by atoms with Crippen molar-refractivity contribution in [2.24, 2.45) is 0 Å². The van der Waals surface area contributed by atoms with Crippen LogP contribution in [-0.2, 0) is 6.54 Å². The maximum absolute atomic E-state index is 11.3. The summed E-state index contributed by atoms with van der Waals surface area (Å²) in [5, 5.41) is 20.7. The van der Waals surface area contributed by atoms with E-state index in [0.29, 0.717) is 17.9 Å². The average Bonchev–Trinajstić information content (AvgIpc) is 3.21. The molecule has 5 heteroatoms. The molecule has 0 amide bonds. The lowest BCUT2D eigenvalue weighted by Crippen LogP contribution is -2.53. The van der Waals surface area contributed by atoms with Gasteiger partial charge in [0, 0.05) is 23.4 Å². The van der Waals surface area contributed by atoms with Gasteiger partial charge < -0.3 is 19.2 Å². The number of aliphatic hydroxyl groups is 1. The van der Waals surface area contributed by atoms with E-state index in [1.807, 2.05) is 62.4 Å². The standard InChI is InChI=1S/C23H22N2O3/c1-23(2)22(26)21(19-12-16(13-24)8-9-20(19)28-23)25(14-17-10-11-27-15-17)18-6-4-3-5-7-18/h3-12,15,21-22,26H,14H2,1-2H3. The minimum atomic E-state index is -0.805. The zero-order valence-corrected chi connectivity index (χ0v) is 15.9. The van der Waals surface area contributed by atoms with E-state index < -0.39 is 11.7 Å². The van der Waals surface area contributed by atoms with Crippen LogP contribution in [0.4, 0.5) is 5.69 Å². The molecule has 0 saturated carbocycles. The zero-order valence-electron chi connectivity index (χ0n) is 15.9. The van der Waals surface area contributed by atoms with Crippen molar-refractivity contribution in [3.63, 3.8) is 0 Å². The molecule has 2 unspecified atom stereocenters. The molecule has 1 aromatic heterocycles. The molecule has 0 fully saturated rings. The van der Waals surface area contributed by atoms with Crippen molar-refractivity contribution in [2.75, 3.05) is 4.90 Å². The minimum Gasteiger partial charge on any atom is -0.485 e. The Kier molecular flexibility index (Phi) is 4.58. The van der Waals surface area contributed by atoms with Crippen LogP contribution < -0.4 is 9.64 Å². The summed E-state index contributed by atoms with van der Waals surface area (Å²) in [6.07, 6.45) is 2.55. The molecule has 28 heavy (non-hydrogen) atoms. The van der Waals surface area contributed by atoms with E-state index in [-0.39, 0.29) is 6.04 Å². The Hall–Kier alpha value is -3.23. The van der Waals surface area contributed by atoms with Crippen LogP contribution >= 0.6 is 0 Å². The largest absolute Gasteiger partial charge is 0.485 e. The van der Waals surface area contributed by atoms with E-state index in [1.54, 1.807) is 18.6 Å². The molecular weight excluding hydrogens is 352 g/mol. The molecule has 1 aliphatic heterocycles. The van der Waals surface area contributed by atoms with Gasteiger partial charge in [0.05, 0.1) is 30.2 Å². The number of hydrogen-bond donors (Lipinski definition) is 1. The van der Waals surface area contributed by atoms with Gasteiger partial charge in [-0.25, -0.2) is 0 Å². The number of nitrogens with zero attached hydrogens (tertiary/aromatic N) is 2. The normalized spacial score (nSPS) is 19.9. The van der Waals surface area contributed by atoms with Crippen LogP contribution in [0.5, 0.6) is 5.75 Å².